The largest absolute Gasteiger partial charge is 0.490 e. The van der Waals surface area contributed by atoms with Crippen molar-refractivity contribution in [2.24, 2.45) is 0 Å². The van der Waals surface area contributed by atoms with Crippen LogP contribution in [0.2, 0.25) is 0 Å². The second-order valence-corrected chi connectivity index (χ2v) is 9.16. The number of carboxylic acids is 1. The van der Waals surface area contributed by atoms with Crippen molar-refractivity contribution in [1.82, 2.24) is 9.97 Å². The van der Waals surface area contributed by atoms with Crippen molar-refractivity contribution < 1.29 is 14.6 Å². The predicted molar refractivity (Wildman–Crippen MR) is 131 cm³/mol. The standard InChI is InChI=1S/C26H22N4O3S/c27-13-18-14-34-24-7-4-16(10-21(18)24)8-9-28-25-12-22(29-15-30-25)17-5-6-20(26(31)32)23(11-17)33-19-2-1-3-19/h4-7,10-12,14-15,19H,1-3,8-9H2,(H,31,32)(H,28,29,30). The van der Waals surface area contributed by atoms with E-state index in [0.717, 1.165) is 46.9 Å². The van der Waals surface area contributed by atoms with Gasteiger partial charge in [0.1, 0.15) is 29.5 Å². The molecule has 5 rings (SSSR count). The Kier molecular flexibility index (Phi) is 6.11. The number of carbonyl (C=O) groups is 1. The molecule has 1 fully saturated rings. The molecule has 0 amide bonds. The summed E-state index contributed by atoms with van der Waals surface area (Å²) < 4.78 is 7.05. The van der Waals surface area contributed by atoms with Crippen molar-refractivity contribution >= 4 is 33.2 Å². The van der Waals surface area contributed by atoms with Crippen molar-refractivity contribution in [2.45, 2.75) is 31.8 Å². The van der Waals surface area contributed by atoms with Crippen LogP contribution in [0.25, 0.3) is 21.3 Å². The van der Waals surface area contributed by atoms with Gasteiger partial charge in [0.2, 0.25) is 0 Å². The fraction of sp³-hybridized carbons (Fsp3) is 0.231. The van der Waals surface area contributed by atoms with Crippen LogP contribution in [0.1, 0.15) is 40.7 Å². The minimum atomic E-state index is -1.01. The zero-order chi connectivity index (χ0) is 23.5. The summed E-state index contributed by atoms with van der Waals surface area (Å²) in [6, 6.07) is 15.4. The van der Waals surface area contributed by atoms with Gasteiger partial charge in [-0.3, -0.25) is 0 Å². The van der Waals surface area contributed by atoms with E-state index in [9.17, 15) is 15.2 Å². The molecule has 1 aliphatic carbocycles. The number of hydrogen-bond donors (Lipinski definition) is 2. The minimum Gasteiger partial charge on any atom is -0.490 e. The first kappa shape index (κ1) is 21.9. The maximum Gasteiger partial charge on any atom is 0.339 e. The summed E-state index contributed by atoms with van der Waals surface area (Å²) in [6.45, 7) is 0.669. The Morgan fingerprint density at radius 2 is 2.09 bits per heavy atom. The first-order valence-electron chi connectivity index (χ1n) is 11.1. The van der Waals surface area contributed by atoms with E-state index in [2.05, 4.69) is 39.6 Å². The first-order valence-corrected chi connectivity index (χ1v) is 12.0. The Hall–Kier alpha value is -3.96. The van der Waals surface area contributed by atoms with Crippen LogP contribution in [0, 0.1) is 11.3 Å². The van der Waals surface area contributed by atoms with Gasteiger partial charge in [0, 0.05) is 33.6 Å². The zero-order valence-electron chi connectivity index (χ0n) is 18.3. The Balaban J connectivity index is 1.29. The topological polar surface area (TPSA) is 108 Å². The number of anilines is 1. The van der Waals surface area contributed by atoms with Crippen LogP contribution in [-0.2, 0) is 6.42 Å². The molecule has 2 heterocycles. The number of aromatic nitrogens is 2. The highest BCUT2D eigenvalue weighted by molar-refractivity contribution is 7.17. The summed E-state index contributed by atoms with van der Waals surface area (Å²) in [5.41, 5.74) is 3.48. The molecule has 170 valence electrons. The van der Waals surface area contributed by atoms with Gasteiger partial charge in [0.15, 0.2) is 0 Å². The van der Waals surface area contributed by atoms with E-state index in [4.69, 9.17) is 4.74 Å². The molecule has 1 saturated carbocycles. The van der Waals surface area contributed by atoms with Gasteiger partial charge >= 0.3 is 5.97 Å². The van der Waals surface area contributed by atoms with Crippen LogP contribution in [0.15, 0.2) is 54.2 Å². The molecule has 4 aromatic rings. The third-order valence-corrected chi connectivity index (χ3v) is 6.96. The molecule has 2 aromatic heterocycles. The van der Waals surface area contributed by atoms with E-state index in [0.29, 0.717) is 29.4 Å². The number of aromatic carboxylic acids is 1. The highest BCUT2D eigenvalue weighted by Crippen LogP contribution is 2.32. The van der Waals surface area contributed by atoms with Gasteiger partial charge in [-0.25, -0.2) is 14.8 Å². The van der Waals surface area contributed by atoms with Gasteiger partial charge in [0.25, 0.3) is 0 Å². The quantitative estimate of drug-likeness (QED) is 0.349. The number of nitriles is 1. The highest BCUT2D eigenvalue weighted by Gasteiger charge is 2.22. The fourth-order valence-corrected chi connectivity index (χ4v) is 4.76. The molecule has 2 aromatic carbocycles. The number of benzene rings is 2. The van der Waals surface area contributed by atoms with E-state index >= 15 is 0 Å². The fourth-order valence-electron chi connectivity index (χ4n) is 3.89. The monoisotopic (exact) mass is 470 g/mol. The molecule has 1 aliphatic rings. The van der Waals surface area contributed by atoms with Crippen LogP contribution in [0.4, 0.5) is 5.82 Å². The Morgan fingerprint density at radius 1 is 1.21 bits per heavy atom. The second-order valence-electron chi connectivity index (χ2n) is 8.24. The van der Waals surface area contributed by atoms with Crippen molar-refractivity contribution in [1.29, 1.82) is 5.26 Å². The molecule has 0 unspecified atom stereocenters. The molecular formula is C26H22N4O3S. The average molecular weight is 471 g/mol. The van der Waals surface area contributed by atoms with E-state index in [-0.39, 0.29) is 11.7 Å². The van der Waals surface area contributed by atoms with Crippen LogP contribution in [0.3, 0.4) is 0 Å². The number of nitrogens with one attached hydrogen (secondary N) is 1. The maximum absolute atomic E-state index is 11.6. The van der Waals surface area contributed by atoms with Gasteiger partial charge in [-0.05, 0) is 55.5 Å². The van der Waals surface area contributed by atoms with Crippen LogP contribution in [-0.4, -0.2) is 33.7 Å². The molecular weight excluding hydrogens is 448 g/mol. The SMILES string of the molecule is N#Cc1csc2ccc(CCNc3cc(-c4ccc(C(=O)O)c(OC5CCC5)c4)ncn3)cc12. The molecule has 0 spiro atoms. The van der Waals surface area contributed by atoms with Gasteiger partial charge in [0.05, 0.1) is 17.4 Å². The number of hydrogen-bond acceptors (Lipinski definition) is 7. The molecule has 7 nitrogen and oxygen atoms in total. The molecule has 0 aliphatic heterocycles. The van der Waals surface area contributed by atoms with Crippen molar-refractivity contribution in [3.63, 3.8) is 0 Å². The van der Waals surface area contributed by atoms with Crippen molar-refractivity contribution in [2.75, 3.05) is 11.9 Å². The van der Waals surface area contributed by atoms with E-state index in [1.165, 1.54) is 6.33 Å². The lowest BCUT2D eigenvalue weighted by Crippen LogP contribution is -2.25. The molecule has 0 saturated heterocycles. The molecule has 0 bridgehead atoms. The minimum absolute atomic E-state index is 0.0773. The summed E-state index contributed by atoms with van der Waals surface area (Å²) in [4.78, 5) is 20.3. The zero-order valence-corrected chi connectivity index (χ0v) is 19.1. The van der Waals surface area contributed by atoms with E-state index < -0.39 is 5.97 Å². The number of ether oxygens (including phenoxy) is 1. The van der Waals surface area contributed by atoms with E-state index in [1.54, 1.807) is 29.5 Å². The second kappa shape index (κ2) is 9.49. The molecule has 2 N–H and O–H groups in total. The third kappa shape index (κ3) is 4.56. The molecule has 0 radical (unpaired) electrons. The Labute approximate surface area is 200 Å². The van der Waals surface area contributed by atoms with Crippen molar-refractivity contribution in [3.05, 3.63) is 70.9 Å². The number of fused-ring (bicyclic) bond motifs is 1. The van der Waals surface area contributed by atoms with Crippen molar-refractivity contribution in [3.8, 4) is 23.1 Å². The smallest absolute Gasteiger partial charge is 0.339 e. The summed E-state index contributed by atoms with van der Waals surface area (Å²) in [5, 5.41) is 25.0. The lowest BCUT2D eigenvalue weighted by molar-refractivity contribution is 0.0680. The number of carboxylic acid groups (broad SMARTS) is 1. The van der Waals surface area contributed by atoms with Gasteiger partial charge in [-0.2, -0.15) is 5.26 Å². The van der Waals surface area contributed by atoms with Gasteiger partial charge < -0.3 is 15.2 Å². The molecule has 8 heteroatoms. The number of rotatable bonds is 8. The third-order valence-electron chi connectivity index (χ3n) is 6.00. The van der Waals surface area contributed by atoms with Gasteiger partial charge in [-0.1, -0.05) is 12.1 Å². The Morgan fingerprint density at radius 3 is 2.85 bits per heavy atom. The normalized spacial score (nSPS) is 13.3. The molecule has 0 atom stereocenters. The Bertz CT molecular complexity index is 1400. The van der Waals surface area contributed by atoms with Gasteiger partial charge in [-0.15, -0.1) is 11.3 Å². The number of nitrogens with zero attached hydrogens (tertiary/aromatic N) is 3. The van der Waals surface area contributed by atoms with Crippen LogP contribution >= 0.6 is 11.3 Å². The number of thiophene rings is 1. The first-order chi connectivity index (χ1) is 16.6. The summed E-state index contributed by atoms with van der Waals surface area (Å²) in [7, 11) is 0. The maximum atomic E-state index is 11.6. The lowest BCUT2D eigenvalue weighted by Gasteiger charge is -2.27. The summed E-state index contributed by atoms with van der Waals surface area (Å²) in [6.07, 6.45) is 5.35. The van der Waals surface area contributed by atoms with E-state index in [1.807, 2.05) is 11.4 Å². The average Bonchev–Trinajstić information content (AvgIpc) is 3.24. The summed E-state index contributed by atoms with van der Waals surface area (Å²) in [5.74, 6) is 0.0555. The lowest BCUT2D eigenvalue weighted by atomic mass is 9.96. The van der Waals surface area contributed by atoms with Crippen LogP contribution in [0.5, 0.6) is 5.75 Å². The van der Waals surface area contributed by atoms with Crippen LogP contribution < -0.4 is 10.1 Å². The highest BCUT2D eigenvalue weighted by atomic mass is 32.1. The molecule has 34 heavy (non-hydrogen) atoms. The summed E-state index contributed by atoms with van der Waals surface area (Å²) >= 11 is 1.58. The predicted octanol–water partition coefficient (Wildman–Crippen LogP) is 5.51.